The summed E-state index contributed by atoms with van der Waals surface area (Å²) in [7, 11) is 0. The topological polar surface area (TPSA) is 124 Å². The molecule has 1 aliphatic carbocycles. The van der Waals surface area contributed by atoms with E-state index in [1.54, 1.807) is 25.1 Å². The molecule has 1 N–H and O–H groups in total. The van der Waals surface area contributed by atoms with Crippen LogP contribution in [0.5, 0.6) is 5.75 Å². The average molecular weight is 482 g/mol. The first-order chi connectivity index (χ1) is 16.2. The maximum absolute atomic E-state index is 12.8. The first-order valence-corrected chi connectivity index (χ1v) is 10.8. The van der Waals surface area contributed by atoms with Crippen molar-refractivity contribution in [3.8, 4) is 5.75 Å². The third-order valence-electron chi connectivity index (χ3n) is 5.48. The summed E-state index contributed by atoms with van der Waals surface area (Å²) in [6, 6.07) is 10.1. The zero-order valence-corrected chi connectivity index (χ0v) is 19.1. The Morgan fingerprint density at radius 3 is 2.56 bits per heavy atom. The van der Waals surface area contributed by atoms with Crippen molar-refractivity contribution < 1.29 is 23.7 Å². The number of hydrogen-bond donors (Lipinski definition) is 1. The van der Waals surface area contributed by atoms with Crippen molar-refractivity contribution in [2.45, 2.75) is 33.1 Å². The first-order valence-electron chi connectivity index (χ1n) is 10.5. The van der Waals surface area contributed by atoms with Gasteiger partial charge < -0.3 is 9.15 Å². The normalized spacial score (nSPS) is 13.9. The molecule has 0 unspecified atom stereocenters. The van der Waals surface area contributed by atoms with Gasteiger partial charge in [-0.2, -0.15) is 5.10 Å². The summed E-state index contributed by atoms with van der Waals surface area (Å²) in [6.07, 6.45) is 1.94. The van der Waals surface area contributed by atoms with Crippen molar-refractivity contribution in [2.24, 2.45) is 5.10 Å². The van der Waals surface area contributed by atoms with Crippen LogP contribution >= 0.6 is 11.6 Å². The third-order valence-corrected chi connectivity index (χ3v) is 5.91. The molecule has 1 aromatic heterocycles. The molecule has 0 radical (unpaired) electrons. The minimum atomic E-state index is -0.636. The Labute approximate surface area is 199 Å². The first kappa shape index (κ1) is 23.2. The van der Waals surface area contributed by atoms with E-state index in [1.165, 1.54) is 24.3 Å². The van der Waals surface area contributed by atoms with E-state index in [1.807, 2.05) is 6.92 Å². The zero-order valence-electron chi connectivity index (χ0n) is 18.4. The van der Waals surface area contributed by atoms with Gasteiger partial charge >= 0.3 is 5.97 Å². The van der Waals surface area contributed by atoms with E-state index in [4.69, 9.17) is 20.8 Å². The van der Waals surface area contributed by atoms with Gasteiger partial charge in [-0.05, 0) is 62.6 Å². The van der Waals surface area contributed by atoms with Crippen LogP contribution in [0.4, 0.5) is 5.69 Å². The minimum absolute atomic E-state index is 0.0777. The van der Waals surface area contributed by atoms with Gasteiger partial charge in [0.1, 0.15) is 11.5 Å². The van der Waals surface area contributed by atoms with E-state index >= 15 is 0 Å². The van der Waals surface area contributed by atoms with Gasteiger partial charge in [-0.1, -0.05) is 11.6 Å². The molecule has 2 aromatic carbocycles. The molecule has 0 bridgehead atoms. The van der Waals surface area contributed by atoms with Crippen LogP contribution in [0.3, 0.4) is 0 Å². The summed E-state index contributed by atoms with van der Waals surface area (Å²) in [5, 5.41) is 15.6. The number of non-ortho nitro benzene ring substituents is 1. The van der Waals surface area contributed by atoms with E-state index in [0.717, 1.165) is 12.0 Å². The van der Waals surface area contributed by atoms with Crippen molar-refractivity contribution in [2.75, 3.05) is 0 Å². The lowest BCUT2D eigenvalue weighted by molar-refractivity contribution is -0.384. The molecular formula is C24H20ClN3O6. The number of rotatable bonds is 5. The molecule has 1 heterocycles. The monoisotopic (exact) mass is 481 g/mol. The molecule has 34 heavy (non-hydrogen) atoms. The fourth-order valence-corrected chi connectivity index (χ4v) is 3.84. The minimum Gasteiger partial charge on any atom is -0.453 e. The molecule has 3 aromatic rings. The highest BCUT2D eigenvalue weighted by Gasteiger charge is 2.29. The number of nitro groups is 1. The number of amides is 1. The number of hydrazone groups is 1. The number of furan rings is 1. The zero-order chi connectivity index (χ0) is 24.4. The van der Waals surface area contributed by atoms with Crippen molar-refractivity contribution in [3.05, 3.63) is 91.4 Å². The van der Waals surface area contributed by atoms with Gasteiger partial charge in [-0.15, -0.1) is 0 Å². The van der Waals surface area contributed by atoms with E-state index in [9.17, 15) is 19.7 Å². The van der Waals surface area contributed by atoms with Crippen LogP contribution in [0.25, 0.3) is 0 Å². The molecule has 1 amide bonds. The van der Waals surface area contributed by atoms with Crippen molar-refractivity contribution in [1.29, 1.82) is 0 Å². The standard InChI is InChI=1S/C24H20ClN3O6/c1-13-12-17(10-11-18(13)25)33-24(30)22-14(2)21-19(4-3-5-20(21)34-22)26-27-23(29)15-6-8-16(9-7-15)28(31)32/h6-12H,3-5H2,1-2H3,(H,27,29)/b26-19+. The lowest BCUT2D eigenvalue weighted by atomic mass is 9.93. The molecular weight excluding hydrogens is 462 g/mol. The number of aryl methyl sites for hydroxylation is 2. The largest absolute Gasteiger partial charge is 0.453 e. The number of nitrogens with zero attached hydrogens (tertiary/aromatic N) is 2. The fraction of sp³-hybridized carbons (Fsp3) is 0.208. The number of esters is 1. The number of benzene rings is 2. The summed E-state index contributed by atoms with van der Waals surface area (Å²) in [5.74, 6) is -0.110. The molecule has 0 saturated heterocycles. The van der Waals surface area contributed by atoms with Gasteiger partial charge in [-0.25, -0.2) is 10.2 Å². The Kier molecular flexibility index (Phi) is 6.47. The SMILES string of the molecule is Cc1cc(OC(=O)c2oc3c(c2C)/C(=N/NC(=O)c2ccc([N+](=O)[O-])cc2)CCC3)ccc1Cl. The highest BCUT2D eigenvalue weighted by molar-refractivity contribution is 6.31. The van der Waals surface area contributed by atoms with E-state index in [-0.39, 0.29) is 17.0 Å². The van der Waals surface area contributed by atoms with Crippen LogP contribution in [0.2, 0.25) is 5.02 Å². The number of carbonyl (C=O) groups excluding carboxylic acids is 2. The Hall–Kier alpha value is -3.98. The second-order valence-electron chi connectivity index (χ2n) is 7.81. The van der Waals surface area contributed by atoms with E-state index in [0.29, 0.717) is 46.2 Å². The number of fused-ring (bicyclic) bond motifs is 1. The summed E-state index contributed by atoms with van der Waals surface area (Å²) in [6.45, 7) is 3.55. The second kappa shape index (κ2) is 9.48. The number of carbonyl (C=O) groups is 2. The van der Waals surface area contributed by atoms with Crippen molar-refractivity contribution >= 4 is 34.9 Å². The smallest absolute Gasteiger partial charge is 0.379 e. The molecule has 0 aliphatic heterocycles. The molecule has 10 heteroatoms. The molecule has 9 nitrogen and oxygen atoms in total. The van der Waals surface area contributed by atoms with Gasteiger partial charge in [0.05, 0.1) is 10.6 Å². The lowest BCUT2D eigenvalue weighted by Gasteiger charge is -2.13. The highest BCUT2D eigenvalue weighted by atomic mass is 35.5. The number of halogens is 1. The average Bonchev–Trinajstić information content (AvgIpc) is 3.17. The summed E-state index contributed by atoms with van der Waals surface area (Å²) in [5.41, 5.74) is 5.22. The summed E-state index contributed by atoms with van der Waals surface area (Å²) in [4.78, 5) is 35.5. The molecule has 0 saturated carbocycles. The number of ether oxygens (including phenoxy) is 1. The Morgan fingerprint density at radius 2 is 1.88 bits per heavy atom. The third kappa shape index (κ3) is 4.69. The molecule has 0 spiro atoms. The van der Waals surface area contributed by atoms with Gasteiger partial charge in [0.2, 0.25) is 5.76 Å². The van der Waals surface area contributed by atoms with Crippen molar-refractivity contribution in [3.63, 3.8) is 0 Å². The van der Waals surface area contributed by atoms with Crippen LogP contribution in [-0.4, -0.2) is 22.5 Å². The number of nitro benzene ring substituents is 1. The molecule has 0 atom stereocenters. The predicted octanol–water partition coefficient (Wildman–Crippen LogP) is 5.15. The summed E-state index contributed by atoms with van der Waals surface area (Å²) >= 11 is 6.03. The van der Waals surface area contributed by atoms with Gasteiger partial charge in [0, 0.05) is 40.3 Å². The quantitative estimate of drug-likeness (QED) is 0.232. The lowest BCUT2D eigenvalue weighted by Crippen LogP contribution is -2.22. The highest BCUT2D eigenvalue weighted by Crippen LogP contribution is 2.31. The van der Waals surface area contributed by atoms with Crippen LogP contribution in [-0.2, 0) is 6.42 Å². The van der Waals surface area contributed by atoms with Gasteiger partial charge in [0.25, 0.3) is 11.6 Å². The Balaban J connectivity index is 1.54. The second-order valence-corrected chi connectivity index (χ2v) is 8.22. The Morgan fingerprint density at radius 1 is 1.15 bits per heavy atom. The van der Waals surface area contributed by atoms with E-state index in [2.05, 4.69) is 10.5 Å². The molecule has 1 aliphatic rings. The van der Waals surface area contributed by atoms with Gasteiger partial charge in [0.15, 0.2) is 0 Å². The maximum atomic E-state index is 12.8. The fourth-order valence-electron chi connectivity index (χ4n) is 3.73. The van der Waals surface area contributed by atoms with Crippen LogP contribution in [0.15, 0.2) is 52.0 Å². The van der Waals surface area contributed by atoms with Crippen molar-refractivity contribution in [1.82, 2.24) is 5.43 Å². The number of hydrogen-bond acceptors (Lipinski definition) is 7. The van der Waals surface area contributed by atoms with Gasteiger partial charge in [-0.3, -0.25) is 14.9 Å². The maximum Gasteiger partial charge on any atom is 0.379 e. The van der Waals surface area contributed by atoms with Crippen LogP contribution in [0.1, 0.15) is 56.2 Å². The molecule has 4 rings (SSSR count). The van der Waals surface area contributed by atoms with E-state index < -0.39 is 16.8 Å². The molecule has 174 valence electrons. The Bertz CT molecular complexity index is 1330. The number of nitrogens with one attached hydrogen (secondary N) is 1. The summed E-state index contributed by atoms with van der Waals surface area (Å²) < 4.78 is 11.3. The van der Waals surface area contributed by atoms with Crippen LogP contribution < -0.4 is 10.2 Å². The predicted molar refractivity (Wildman–Crippen MR) is 125 cm³/mol. The molecule has 0 fully saturated rings. The van der Waals surface area contributed by atoms with Crippen LogP contribution in [0, 0.1) is 24.0 Å².